The van der Waals surface area contributed by atoms with Gasteiger partial charge in [0, 0.05) is 18.3 Å². The summed E-state index contributed by atoms with van der Waals surface area (Å²) in [5.41, 5.74) is 10.1. The molecular weight excluding hydrogens is 246 g/mol. The minimum Gasteiger partial charge on any atom is -0.324 e. The van der Waals surface area contributed by atoms with E-state index in [4.69, 9.17) is 5.73 Å². The molecule has 2 aromatic rings. The van der Waals surface area contributed by atoms with Crippen LogP contribution >= 0.6 is 0 Å². The number of nitrogens with zero attached hydrogens (tertiary/aromatic N) is 2. The van der Waals surface area contributed by atoms with Crippen molar-refractivity contribution >= 4 is 0 Å². The summed E-state index contributed by atoms with van der Waals surface area (Å²) in [6, 6.07) is 12.6. The summed E-state index contributed by atoms with van der Waals surface area (Å²) >= 11 is 0. The maximum Gasteiger partial charge on any atom is 0.0624 e. The van der Waals surface area contributed by atoms with Crippen molar-refractivity contribution in [3.05, 3.63) is 53.3 Å². The zero-order chi connectivity index (χ0) is 14.5. The van der Waals surface area contributed by atoms with Crippen molar-refractivity contribution in [3.63, 3.8) is 0 Å². The summed E-state index contributed by atoms with van der Waals surface area (Å²) in [5, 5.41) is 4.61. The lowest BCUT2D eigenvalue weighted by Crippen LogP contribution is -2.22. The van der Waals surface area contributed by atoms with Crippen molar-refractivity contribution in [1.29, 1.82) is 0 Å². The van der Waals surface area contributed by atoms with Crippen LogP contribution in [0.1, 0.15) is 43.8 Å². The van der Waals surface area contributed by atoms with Gasteiger partial charge in [-0.1, -0.05) is 44.2 Å². The van der Waals surface area contributed by atoms with Gasteiger partial charge in [0.25, 0.3) is 0 Å². The Morgan fingerprint density at radius 3 is 2.50 bits per heavy atom. The van der Waals surface area contributed by atoms with Crippen LogP contribution in [0.5, 0.6) is 0 Å². The number of aryl methyl sites for hydroxylation is 2. The highest BCUT2D eigenvalue weighted by Crippen LogP contribution is 2.23. The van der Waals surface area contributed by atoms with Gasteiger partial charge in [0.05, 0.1) is 5.69 Å². The molecule has 2 rings (SSSR count). The summed E-state index contributed by atoms with van der Waals surface area (Å²) in [6.07, 6.45) is 1.95. The maximum atomic E-state index is 6.39. The van der Waals surface area contributed by atoms with Crippen molar-refractivity contribution in [2.24, 2.45) is 11.7 Å². The van der Waals surface area contributed by atoms with Gasteiger partial charge in [0.15, 0.2) is 0 Å². The van der Waals surface area contributed by atoms with Gasteiger partial charge in [-0.25, -0.2) is 0 Å². The Labute approximate surface area is 121 Å². The zero-order valence-electron chi connectivity index (χ0n) is 12.7. The molecule has 0 saturated carbocycles. The second-order valence-corrected chi connectivity index (χ2v) is 5.41. The summed E-state index contributed by atoms with van der Waals surface area (Å²) in [6.45, 7) is 7.42. The second kappa shape index (κ2) is 6.71. The Kier molecular flexibility index (Phi) is 4.96. The predicted octanol–water partition coefficient (Wildman–Crippen LogP) is 3.34. The third-order valence-corrected chi connectivity index (χ3v) is 3.90. The highest BCUT2D eigenvalue weighted by atomic mass is 15.3. The van der Waals surface area contributed by atoms with Gasteiger partial charge >= 0.3 is 0 Å². The van der Waals surface area contributed by atoms with E-state index in [1.165, 1.54) is 17.0 Å². The molecule has 0 amide bonds. The number of hydrogen-bond donors (Lipinski definition) is 1. The summed E-state index contributed by atoms with van der Waals surface area (Å²) in [4.78, 5) is 0. The Hall–Kier alpha value is -1.61. The number of hydrogen-bond acceptors (Lipinski definition) is 2. The lowest BCUT2D eigenvalue weighted by atomic mass is 9.91. The summed E-state index contributed by atoms with van der Waals surface area (Å²) in [5.74, 6) is 0.393. The van der Waals surface area contributed by atoms with Gasteiger partial charge in [-0.3, -0.25) is 4.68 Å². The van der Waals surface area contributed by atoms with Gasteiger partial charge in [-0.15, -0.1) is 0 Å². The summed E-state index contributed by atoms with van der Waals surface area (Å²) < 4.78 is 2.10. The Balaban J connectivity index is 2.11. The van der Waals surface area contributed by atoms with Gasteiger partial charge in [-0.05, 0) is 37.3 Å². The molecule has 2 unspecified atom stereocenters. The van der Waals surface area contributed by atoms with Crippen LogP contribution in [-0.2, 0) is 19.4 Å². The monoisotopic (exact) mass is 271 g/mol. The first-order valence-electron chi connectivity index (χ1n) is 7.51. The lowest BCUT2D eigenvalue weighted by molar-refractivity contribution is 0.448. The molecule has 2 N–H and O–H groups in total. The standard InChI is InChI=1S/C17H25N3/c1-4-15-12-16(20(5-2)19-15)11-13(3)17(18)14-9-7-6-8-10-14/h6-10,12-13,17H,4-5,11,18H2,1-3H3. The molecule has 1 aromatic heterocycles. The van der Waals surface area contributed by atoms with Crippen molar-refractivity contribution in [2.45, 2.75) is 46.2 Å². The second-order valence-electron chi connectivity index (χ2n) is 5.41. The van der Waals surface area contributed by atoms with Crippen molar-refractivity contribution in [1.82, 2.24) is 9.78 Å². The average Bonchev–Trinajstić information content (AvgIpc) is 2.89. The van der Waals surface area contributed by atoms with Crippen molar-refractivity contribution < 1.29 is 0 Å². The molecule has 3 heteroatoms. The normalized spacial score (nSPS) is 14.2. The average molecular weight is 271 g/mol. The van der Waals surface area contributed by atoms with Crippen LogP contribution in [0.2, 0.25) is 0 Å². The molecule has 0 aliphatic carbocycles. The van der Waals surface area contributed by atoms with E-state index in [1.807, 2.05) is 18.2 Å². The predicted molar refractivity (Wildman–Crippen MR) is 83.5 cm³/mol. The van der Waals surface area contributed by atoms with E-state index >= 15 is 0 Å². The molecule has 0 radical (unpaired) electrons. The molecule has 0 aliphatic rings. The highest BCUT2D eigenvalue weighted by Gasteiger charge is 2.17. The zero-order valence-corrected chi connectivity index (χ0v) is 12.7. The molecule has 0 saturated heterocycles. The fourth-order valence-corrected chi connectivity index (χ4v) is 2.59. The highest BCUT2D eigenvalue weighted by molar-refractivity contribution is 5.20. The topological polar surface area (TPSA) is 43.8 Å². The van der Waals surface area contributed by atoms with E-state index in [1.54, 1.807) is 0 Å². The molecule has 1 heterocycles. The van der Waals surface area contributed by atoms with Gasteiger partial charge < -0.3 is 5.73 Å². The number of benzene rings is 1. The minimum atomic E-state index is 0.0708. The quantitative estimate of drug-likeness (QED) is 0.875. The molecule has 3 nitrogen and oxygen atoms in total. The SMILES string of the molecule is CCc1cc(CC(C)C(N)c2ccccc2)n(CC)n1. The summed E-state index contributed by atoms with van der Waals surface area (Å²) in [7, 11) is 0. The molecule has 2 atom stereocenters. The van der Waals surface area contributed by atoms with E-state index in [9.17, 15) is 0 Å². The lowest BCUT2D eigenvalue weighted by Gasteiger charge is -2.20. The number of rotatable bonds is 6. The molecule has 0 fully saturated rings. The van der Waals surface area contributed by atoms with Gasteiger partial charge in [0.2, 0.25) is 0 Å². The van der Waals surface area contributed by atoms with E-state index in [2.05, 4.69) is 48.8 Å². The van der Waals surface area contributed by atoms with Gasteiger partial charge in [-0.2, -0.15) is 5.10 Å². The van der Waals surface area contributed by atoms with Crippen LogP contribution in [0, 0.1) is 5.92 Å². The van der Waals surface area contributed by atoms with Crippen LogP contribution < -0.4 is 5.73 Å². The first-order chi connectivity index (χ1) is 9.65. The number of nitrogens with two attached hydrogens (primary N) is 1. The maximum absolute atomic E-state index is 6.39. The van der Waals surface area contributed by atoms with Crippen LogP contribution in [0.4, 0.5) is 0 Å². The molecule has 0 spiro atoms. The first kappa shape index (κ1) is 14.8. The van der Waals surface area contributed by atoms with Crippen LogP contribution in [0.15, 0.2) is 36.4 Å². The van der Waals surface area contributed by atoms with Crippen LogP contribution in [-0.4, -0.2) is 9.78 Å². The van der Waals surface area contributed by atoms with Crippen molar-refractivity contribution in [3.8, 4) is 0 Å². The van der Waals surface area contributed by atoms with Crippen LogP contribution in [0.25, 0.3) is 0 Å². The van der Waals surface area contributed by atoms with E-state index < -0.39 is 0 Å². The van der Waals surface area contributed by atoms with E-state index in [0.717, 1.165) is 19.4 Å². The molecule has 108 valence electrons. The Morgan fingerprint density at radius 1 is 1.20 bits per heavy atom. The number of aromatic nitrogens is 2. The fourth-order valence-electron chi connectivity index (χ4n) is 2.59. The minimum absolute atomic E-state index is 0.0708. The smallest absolute Gasteiger partial charge is 0.0624 e. The van der Waals surface area contributed by atoms with Crippen LogP contribution in [0.3, 0.4) is 0 Å². The van der Waals surface area contributed by atoms with Gasteiger partial charge in [0.1, 0.15) is 0 Å². The van der Waals surface area contributed by atoms with E-state index in [0.29, 0.717) is 5.92 Å². The molecule has 1 aromatic carbocycles. The fraction of sp³-hybridized carbons (Fsp3) is 0.471. The first-order valence-corrected chi connectivity index (χ1v) is 7.51. The molecule has 0 bridgehead atoms. The Morgan fingerprint density at radius 2 is 1.90 bits per heavy atom. The van der Waals surface area contributed by atoms with E-state index in [-0.39, 0.29) is 6.04 Å². The Bertz CT molecular complexity index is 530. The third kappa shape index (κ3) is 3.28. The molecule has 20 heavy (non-hydrogen) atoms. The molecule has 0 aliphatic heterocycles. The molecular formula is C17H25N3. The largest absolute Gasteiger partial charge is 0.324 e. The third-order valence-electron chi connectivity index (χ3n) is 3.90. The van der Waals surface area contributed by atoms with Crippen molar-refractivity contribution in [2.75, 3.05) is 0 Å².